The Kier molecular flexibility index (Phi) is 3.00. The van der Waals surface area contributed by atoms with Crippen molar-refractivity contribution in [2.75, 3.05) is 5.32 Å². The molecular weight excluding hydrogens is 218 g/mol. The van der Waals surface area contributed by atoms with Crippen molar-refractivity contribution in [2.45, 2.75) is 6.92 Å². The van der Waals surface area contributed by atoms with Gasteiger partial charge in [-0.25, -0.2) is 14.8 Å². The highest BCUT2D eigenvalue weighted by Gasteiger charge is 2.10. The molecule has 0 fully saturated rings. The van der Waals surface area contributed by atoms with Gasteiger partial charge >= 0.3 is 5.97 Å². The maximum absolute atomic E-state index is 11.0. The molecule has 2 heterocycles. The second-order valence-electron chi connectivity index (χ2n) is 3.55. The van der Waals surface area contributed by atoms with E-state index in [1.807, 2.05) is 19.1 Å². The lowest BCUT2D eigenvalue weighted by atomic mass is 10.2. The Hall–Kier alpha value is -2.43. The van der Waals surface area contributed by atoms with Gasteiger partial charge in [0.2, 0.25) is 0 Å². The third-order valence-corrected chi connectivity index (χ3v) is 2.20. The van der Waals surface area contributed by atoms with Gasteiger partial charge in [0, 0.05) is 12.4 Å². The Bertz CT molecular complexity index is 555. The first kappa shape index (κ1) is 11.1. The minimum Gasteiger partial charge on any atom is -0.478 e. The van der Waals surface area contributed by atoms with Gasteiger partial charge in [-0.1, -0.05) is 0 Å². The molecule has 2 rings (SSSR count). The summed E-state index contributed by atoms with van der Waals surface area (Å²) in [5.41, 5.74) is 1.16. The Balaban J connectivity index is 2.33. The number of nitrogens with one attached hydrogen (secondary N) is 1. The molecule has 2 aromatic heterocycles. The normalized spacial score (nSPS) is 9.94. The molecule has 5 heteroatoms. The number of rotatable bonds is 3. The van der Waals surface area contributed by atoms with Crippen LogP contribution in [0.1, 0.15) is 15.9 Å². The van der Waals surface area contributed by atoms with Crippen molar-refractivity contribution in [3.8, 4) is 0 Å². The molecule has 0 aliphatic heterocycles. The maximum atomic E-state index is 11.0. The Morgan fingerprint density at radius 1 is 1.29 bits per heavy atom. The fraction of sp³-hybridized carbons (Fsp3) is 0.0833. The highest BCUT2D eigenvalue weighted by Crippen LogP contribution is 2.17. The van der Waals surface area contributed by atoms with Crippen LogP contribution in [-0.4, -0.2) is 21.0 Å². The van der Waals surface area contributed by atoms with Gasteiger partial charge < -0.3 is 10.4 Å². The van der Waals surface area contributed by atoms with E-state index >= 15 is 0 Å². The summed E-state index contributed by atoms with van der Waals surface area (Å²) >= 11 is 0. The van der Waals surface area contributed by atoms with Crippen molar-refractivity contribution >= 4 is 17.6 Å². The molecule has 5 nitrogen and oxygen atoms in total. The number of carbonyl (C=O) groups is 1. The number of hydrogen-bond donors (Lipinski definition) is 2. The molecule has 0 saturated heterocycles. The highest BCUT2D eigenvalue weighted by molar-refractivity contribution is 5.93. The van der Waals surface area contributed by atoms with E-state index in [9.17, 15) is 4.79 Å². The van der Waals surface area contributed by atoms with Crippen LogP contribution in [0.3, 0.4) is 0 Å². The Morgan fingerprint density at radius 3 is 2.82 bits per heavy atom. The number of carboxylic acids is 1. The summed E-state index contributed by atoms with van der Waals surface area (Å²) in [6.07, 6.45) is 3.19. The highest BCUT2D eigenvalue weighted by atomic mass is 16.4. The Morgan fingerprint density at radius 2 is 2.12 bits per heavy atom. The number of nitrogens with zero attached hydrogens (tertiary/aromatic N) is 2. The summed E-state index contributed by atoms with van der Waals surface area (Å²) in [6.45, 7) is 1.93. The SMILES string of the molecule is Cc1ccnc(Nc2ncccc2C(=O)O)c1. The molecule has 0 unspecified atom stereocenters. The van der Waals surface area contributed by atoms with Crippen LogP contribution < -0.4 is 5.32 Å². The molecule has 86 valence electrons. The molecule has 0 aliphatic rings. The smallest absolute Gasteiger partial charge is 0.339 e. The van der Waals surface area contributed by atoms with E-state index in [-0.39, 0.29) is 11.4 Å². The molecular formula is C12H11N3O2. The predicted octanol–water partition coefficient (Wildman–Crippen LogP) is 2.23. The quantitative estimate of drug-likeness (QED) is 0.844. The van der Waals surface area contributed by atoms with Crippen LogP contribution in [-0.2, 0) is 0 Å². The zero-order valence-electron chi connectivity index (χ0n) is 9.21. The van der Waals surface area contributed by atoms with Crippen molar-refractivity contribution in [1.29, 1.82) is 0 Å². The van der Waals surface area contributed by atoms with Gasteiger partial charge in [0.15, 0.2) is 0 Å². The lowest BCUT2D eigenvalue weighted by Crippen LogP contribution is -2.05. The average molecular weight is 229 g/mol. The van der Waals surface area contributed by atoms with Crippen LogP contribution in [0.5, 0.6) is 0 Å². The number of carboxylic acid groups (broad SMARTS) is 1. The van der Waals surface area contributed by atoms with Gasteiger partial charge in [0.25, 0.3) is 0 Å². The summed E-state index contributed by atoms with van der Waals surface area (Å²) in [5, 5.41) is 11.9. The maximum Gasteiger partial charge on any atom is 0.339 e. The van der Waals surface area contributed by atoms with Gasteiger partial charge in [-0.2, -0.15) is 0 Å². The fourth-order valence-corrected chi connectivity index (χ4v) is 1.40. The Labute approximate surface area is 98.2 Å². The van der Waals surface area contributed by atoms with E-state index in [1.165, 1.54) is 12.3 Å². The van der Waals surface area contributed by atoms with Crippen LogP contribution in [0.2, 0.25) is 0 Å². The largest absolute Gasteiger partial charge is 0.478 e. The van der Waals surface area contributed by atoms with Crippen LogP contribution >= 0.6 is 0 Å². The minimum absolute atomic E-state index is 0.121. The molecule has 17 heavy (non-hydrogen) atoms. The second kappa shape index (κ2) is 4.61. The van der Waals surface area contributed by atoms with E-state index in [0.29, 0.717) is 5.82 Å². The summed E-state index contributed by atoms with van der Waals surface area (Å²) in [5.74, 6) is -0.155. The molecule has 0 radical (unpaired) electrons. The molecule has 0 amide bonds. The van der Waals surface area contributed by atoms with Crippen molar-refractivity contribution in [1.82, 2.24) is 9.97 Å². The number of aromatic nitrogens is 2. The fourth-order valence-electron chi connectivity index (χ4n) is 1.40. The number of aryl methyl sites for hydroxylation is 1. The molecule has 0 spiro atoms. The standard InChI is InChI=1S/C12H11N3O2/c1-8-4-6-13-10(7-8)15-11-9(12(16)17)3-2-5-14-11/h2-7H,1H3,(H,16,17)(H,13,14,15). The molecule has 0 bridgehead atoms. The van der Waals surface area contributed by atoms with E-state index in [1.54, 1.807) is 12.3 Å². The average Bonchev–Trinajstić information content (AvgIpc) is 2.29. The number of pyridine rings is 2. The first-order valence-electron chi connectivity index (χ1n) is 5.05. The van der Waals surface area contributed by atoms with E-state index in [2.05, 4.69) is 15.3 Å². The number of anilines is 2. The number of hydrogen-bond acceptors (Lipinski definition) is 4. The van der Waals surface area contributed by atoms with Crippen LogP contribution in [0.25, 0.3) is 0 Å². The number of aromatic carboxylic acids is 1. The first-order valence-corrected chi connectivity index (χ1v) is 5.05. The van der Waals surface area contributed by atoms with Crippen LogP contribution in [0.4, 0.5) is 11.6 Å². The molecule has 2 aromatic rings. The van der Waals surface area contributed by atoms with Gasteiger partial charge in [-0.15, -0.1) is 0 Å². The van der Waals surface area contributed by atoms with E-state index < -0.39 is 5.97 Å². The van der Waals surface area contributed by atoms with Crippen molar-refractivity contribution in [3.05, 3.63) is 47.8 Å². The monoisotopic (exact) mass is 229 g/mol. The van der Waals surface area contributed by atoms with Crippen LogP contribution in [0.15, 0.2) is 36.7 Å². The topological polar surface area (TPSA) is 75.1 Å². The zero-order valence-corrected chi connectivity index (χ0v) is 9.21. The summed E-state index contributed by atoms with van der Waals surface area (Å²) < 4.78 is 0. The van der Waals surface area contributed by atoms with E-state index in [4.69, 9.17) is 5.11 Å². The minimum atomic E-state index is -1.02. The second-order valence-corrected chi connectivity index (χ2v) is 3.55. The molecule has 0 aliphatic carbocycles. The van der Waals surface area contributed by atoms with Gasteiger partial charge in [-0.3, -0.25) is 0 Å². The van der Waals surface area contributed by atoms with Crippen molar-refractivity contribution in [3.63, 3.8) is 0 Å². The third-order valence-electron chi connectivity index (χ3n) is 2.20. The summed E-state index contributed by atoms with van der Waals surface area (Å²) in [7, 11) is 0. The van der Waals surface area contributed by atoms with Crippen LogP contribution in [0, 0.1) is 6.92 Å². The lowest BCUT2D eigenvalue weighted by molar-refractivity contribution is 0.0697. The van der Waals surface area contributed by atoms with E-state index in [0.717, 1.165) is 5.56 Å². The predicted molar refractivity (Wildman–Crippen MR) is 63.5 cm³/mol. The molecule has 0 aromatic carbocycles. The van der Waals surface area contributed by atoms with Crippen molar-refractivity contribution < 1.29 is 9.90 Å². The van der Waals surface area contributed by atoms with Gasteiger partial charge in [-0.05, 0) is 36.8 Å². The van der Waals surface area contributed by atoms with Crippen molar-refractivity contribution in [2.24, 2.45) is 0 Å². The molecule has 0 saturated carbocycles. The first-order chi connectivity index (χ1) is 8.16. The summed E-state index contributed by atoms with van der Waals surface area (Å²) in [6, 6.07) is 6.76. The lowest BCUT2D eigenvalue weighted by Gasteiger charge is -2.07. The van der Waals surface area contributed by atoms with Gasteiger partial charge in [0.05, 0.1) is 0 Å². The zero-order chi connectivity index (χ0) is 12.3. The van der Waals surface area contributed by atoms with Gasteiger partial charge in [0.1, 0.15) is 17.2 Å². The third kappa shape index (κ3) is 2.57. The molecule has 0 atom stereocenters. The summed E-state index contributed by atoms with van der Waals surface area (Å²) in [4.78, 5) is 19.1. The molecule has 2 N–H and O–H groups in total.